The molecule has 0 saturated heterocycles. The molecule has 0 fully saturated rings. The van der Waals surface area contributed by atoms with E-state index in [1.165, 1.54) is 12.7 Å². The maximum atomic E-state index is 11.5. The van der Waals surface area contributed by atoms with Gasteiger partial charge in [-0.3, -0.25) is 0 Å². The van der Waals surface area contributed by atoms with Crippen molar-refractivity contribution in [1.29, 1.82) is 0 Å². The van der Waals surface area contributed by atoms with Gasteiger partial charge in [-0.15, -0.1) is 0 Å². The second kappa shape index (κ2) is 8.16. The lowest BCUT2D eigenvalue weighted by Crippen LogP contribution is -2.43. The molecular weight excluding hydrogens is 260 g/mol. The van der Waals surface area contributed by atoms with Crippen LogP contribution in [0.5, 0.6) is 0 Å². The highest BCUT2D eigenvalue weighted by molar-refractivity contribution is 5.76. The summed E-state index contributed by atoms with van der Waals surface area (Å²) in [4.78, 5) is 22.1. The summed E-state index contributed by atoms with van der Waals surface area (Å²) in [5, 5.41) is 13.9. The quantitative estimate of drug-likeness (QED) is 0.693. The number of ether oxygens (including phenoxy) is 1. The van der Waals surface area contributed by atoms with E-state index in [1.54, 1.807) is 0 Å². The Kier molecular flexibility index (Phi) is 6.52. The van der Waals surface area contributed by atoms with E-state index in [0.717, 1.165) is 12.0 Å². The minimum absolute atomic E-state index is 0.0673. The molecular formula is C14H20N2O4. The number of nitrogens with one attached hydrogen (secondary N) is 2. The van der Waals surface area contributed by atoms with Crippen LogP contribution in [0.15, 0.2) is 24.3 Å². The molecule has 1 aromatic rings. The normalized spacial score (nSPS) is 11.7. The van der Waals surface area contributed by atoms with Gasteiger partial charge in [-0.1, -0.05) is 29.8 Å². The molecule has 0 heterocycles. The topological polar surface area (TPSA) is 87.7 Å². The smallest absolute Gasteiger partial charge is 0.334 e. The summed E-state index contributed by atoms with van der Waals surface area (Å²) in [5.41, 5.74) is 2.32. The van der Waals surface area contributed by atoms with E-state index < -0.39 is 18.1 Å². The average Bonchev–Trinajstić information content (AvgIpc) is 2.39. The molecule has 1 rings (SSSR count). The highest BCUT2D eigenvalue weighted by atomic mass is 16.5. The second-order valence-electron chi connectivity index (χ2n) is 4.44. The number of carboxylic acid groups (broad SMARTS) is 1. The first kappa shape index (κ1) is 16.0. The van der Waals surface area contributed by atoms with Gasteiger partial charge in [-0.05, 0) is 18.9 Å². The summed E-state index contributed by atoms with van der Waals surface area (Å²) in [6.45, 7) is 2.43. The molecule has 0 aliphatic rings. The molecule has 1 unspecified atom stereocenters. The van der Waals surface area contributed by atoms with Gasteiger partial charge in [-0.2, -0.15) is 0 Å². The third-order valence-electron chi connectivity index (χ3n) is 2.79. The Bertz CT molecular complexity index is 462. The van der Waals surface area contributed by atoms with Crippen molar-refractivity contribution in [2.45, 2.75) is 19.4 Å². The van der Waals surface area contributed by atoms with Crippen LogP contribution in [0.4, 0.5) is 4.79 Å². The first-order valence-electron chi connectivity index (χ1n) is 6.35. The molecule has 6 heteroatoms. The van der Waals surface area contributed by atoms with Crippen molar-refractivity contribution < 1.29 is 19.4 Å². The second-order valence-corrected chi connectivity index (χ2v) is 4.44. The Morgan fingerprint density at radius 3 is 2.70 bits per heavy atom. The number of rotatable bonds is 7. The van der Waals surface area contributed by atoms with Gasteiger partial charge in [0.15, 0.2) is 6.10 Å². The van der Waals surface area contributed by atoms with Gasteiger partial charge in [0.1, 0.15) is 0 Å². The van der Waals surface area contributed by atoms with Crippen LogP contribution >= 0.6 is 0 Å². The molecule has 0 bridgehead atoms. The largest absolute Gasteiger partial charge is 0.479 e. The third kappa shape index (κ3) is 5.71. The molecule has 20 heavy (non-hydrogen) atoms. The lowest BCUT2D eigenvalue weighted by molar-refractivity contribution is -0.147. The highest BCUT2D eigenvalue weighted by Gasteiger charge is 2.16. The Hall–Kier alpha value is -2.08. The highest BCUT2D eigenvalue weighted by Crippen LogP contribution is 2.03. The van der Waals surface area contributed by atoms with Crippen molar-refractivity contribution in [3.05, 3.63) is 35.4 Å². The van der Waals surface area contributed by atoms with E-state index in [-0.39, 0.29) is 6.54 Å². The summed E-state index contributed by atoms with van der Waals surface area (Å²) in [6.07, 6.45) is -0.306. The van der Waals surface area contributed by atoms with Crippen LogP contribution in [-0.4, -0.2) is 43.4 Å². The number of aryl methyl sites for hydroxylation is 1. The van der Waals surface area contributed by atoms with E-state index in [9.17, 15) is 9.59 Å². The summed E-state index contributed by atoms with van der Waals surface area (Å²) >= 11 is 0. The fourth-order valence-corrected chi connectivity index (χ4v) is 1.71. The summed E-state index contributed by atoms with van der Waals surface area (Å²) in [5.74, 6) is -1.10. The van der Waals surface area contributed by atoms with Crippen LogP contribution < -0.4 is 10.6 Å². The van der Waals surface area contributed by atoms with Crippen molar-refractivity contribution >= 4 is 12.0 Å². The molecule has 0 radical (unpaired) electrons. The van der Waals surface area contributed by atoms with E-state index in [4.69, 9.17) is 9.84 Å². The Morgan fingerprint density at radius 1 is 1.35 bits per heavy atom. The van der Waals surface area contributed by atoms with E-state index >= 15 is 0 Å². The fourth-order valence-electron chi connectivity index (χ4n) is 1.71. The van der Waals surface area contributed by atoms with Crippen LogP contribution in [0.25, 0.3) is 0 Å². The van der Waals surface area contributed by atoms with Crippen LogP contribution in [0, 0.1) is 6.92 Å². The van der Waals surface area contributed by atoms with Gasteiger partial charge in [0, 0.05) is 13.7 Å². The maximum absolute atomic E-state index is 11.5. The zero-order chi connectivity index (χ0) is 15.0. The molecule has 0 spiro atoms. The molecule has 1 aromatic carbocycles. The van der Waals surface area contributed by atoms with Crippen molar-refractivity contribution in [2.75, 3.05) is 20.2 Å². The standard InChI is InChI=1S/C14H20N2O4/c1-10-4-3-5-11(8-10)6-7-15-14(19)16-9-12(20-2)13(17)18/h3-5,8,12H,6-7,9H2,1-2H3,(H,17,18)(H2,15,16,19). The monoisotopic (exact) mass is 280 g/mol. The molecule has 2 amide bonds. The summed E-state index contributed by atoms with van der Waals surface area (Å²) < 4.78 is 4.71. The van der Waals surface area contributed by atoms with Gasteiger partial charge >= 0.3 is 12.0 Å². The number of methoxy groups -OCH3 is 1. The van der Waals surface area contributed by atoms with Gasteiger partial charge in [-0.25, -0.2) is 9.59 Å². The molecule has 0 aliphatic heterocycles. The van der Waals surface area contributed by atoms with Crippen LogP contribution in [0.1, 0.15) is 11.1 Å². The van der Waals surface area contributed by atoms with Gasteiger partial charge in [0.2, 0.25) is 0 Å². The number of carbonyl (C=O) groups excluding carboxylic acids is 1. The van der Waals surface area contributed by atoms with Crippen LogP contribution in [0.2, 0.25) is 0 Å². The lowest BCUT2D eigenvalue weighted by Gasteiger charge is -2.12. The maximum Gasteiger partial charge on any atom is 0.334 e. The molecule has 6 nitrogen and oxygen atoms in total. The van der Waals surface area contributed by atoms with Crippen molar-refractivity contribution in [1.82, 2.24) is 10.6 Å². The zero-order valence-corrected chi connectivity index (χ0v) is 11.7. The Labute approximate surface area is 118 Å². The molecule has 110 valence electrons. The average molecular weight is 280 g/mol. The summed E-state index contributed by atoms with van der Waals surface area (Å²) in [7, 11) is 1.29. The van der Waals surface area contributed by atoms with Crippen molar-refractivity contribution in [3.63, 3.8) is 0 Å². The predicted molar refractivity (Wildman–Crippen MR) is 74.7 cm³/mol. The molecule has 3 N–H and O–H groups in total. The van der Waals surface area contributed by atoms with Crippen molar-refractivity contribution in [3.8, 4) is 0 Å². The minimum Gasteiger partial charge on any atom is -0.479 e. The minimum atomic E-state index is -1.10. The van der Waals surface area contributed by atoms with Crippen LogP contribution in [0.3, 0.4) is 0 Å². The van der Waals surface area contributed by atoms with E-state index in [1.807, 2.05) is 25.1 Å². The number of urea groups is 1. The summed E-state index contributed by atoms with van der Waals surface area (Å²) in [6, 6.07) is 7.64. The molecule has 0 saturated carbocycles. The Balaban J connectivity index is 2.25. The molecule has 0 aromatic heterocycles. The first-order valence-corrected chi connectivity index (χ1v) is 6.35. The number of aliphatic carboxylic acids is 1. The zero-order valence-electron chi connectivity index (χ0n) is 11.7. The molecule has 0 aliphatic carbocycles. The number of hydrogen-bond acceptors (Lipinski definition) is 3. The third-order valence-corrected chi connectivity index (χ3v) is 2.79. The van der Waals surface area contributed by atoms with Gasteiger partial charge in [0.05, 0.1) is 6.54 Å². The molecule has 1 atom stereocenters. The Morgan fingerprint density at radius 2 is 2.10 bits per heavy atom. The predicted octanol–water partition coefficient (Wildman–Crippen LogP) is 0.936. The first-order chi connectivity index (χ1) is 9.52. The number of carbonyl (C=O) groups is 2. The van der Waals surface area contributed by atoms with Gasteiger partial charge < -0.3 is 20.5 Å². The van der Waals surface area contributed by atoms with Crippen LogP contribution in [-0.2, 0) is 16.0 Å². The van der Waals surface area contributed by atoms with E-state index in [0.29, 0.717) is 6.54 Å². The van der Waals surface area contributed by atoms with Gasteiger partial charge in [0.25, 0.3) is 0 Å². The SMILES string of the molecule is COC(CNC(=O)NCCc1cccc(C)c1)C(=O)O. The fraction of sp³-hybridized carbons (Fsp3) is 0.429. The number of benzene rings is 1. The number of carboxylic acids is 1. The van der Waals surface area contributed by atoms with E-state index in [2.05, 4.69) is 16.7 Å². The lowest BCUT2D eigenvalue weighted by atomic mass is 10.1. The number of hydrogen-bond donors (Lipinski definition) is 3. The van der Waals surface area contributed by atoms with Crippen molar-refractivity contribution in [2.24, 2.45) is 0 Å². The number of amides is 2.